The number of morpholine rings is 1. The van der Waals surface area contributed by atoms with Gasteiger partial charge in [-0.25, -0.2) is 0 Å². The van der Waals surface area contributed by atoms with Crippen molar-refractivity contribution in [2.45, 2.75) is 25.8 Å². The molecule has 46 heavy (non-hydrogen) atoms. The number of nitrogens with zero attached hydrogens (tertiary/aromatic N) is 4. The third kappa shape index (κ3) is 7.64. The molecule has 2 aliphatic rings. The number of carbonyl (C=O) groups is 3. The van der Waals surface area contributed by atoms with Crippen molar-refractivity contribution < 1.29 is 19.1 Å². The first-order valence-corrected chi connectivity index (χ1v) is 17.0. The fourth-order valence-corrected chi connectivity index (χ4v) is 7.44. The van der Waals surface area contributed by atoms with Gasteiger partial charge in [-0.15, -0.1) is 11.3 Å². The lowest BCUT2D eigenvalue weighted by Crippen LogP contribution is -2.39. The van der Waals surface area contributed by atoms with Crippen LogP contribution in [0.1, 0.15) is 49.9 Å². The number of ether oxygens (including phenoxy) is 1. The Labute approximate surface area is 277 Å². The van der Waals surface area contributed by atoms with Crippen LogP contribution in [0.15, 0.2) is 48.8 Å². The molecule has 1 aromatic carbocycles. The molecule has 3 amide bonds. The number of nitrogens with one attached hydrogen (secondary N) is 3. The summed E-state index contributed by atoms with van der Waals surface area (Å²) in [6.45, 7) is 8.02. The number of halogens is 1. The highest BCUT2D eigenvalue weighted by atomic mass is 35.5. The molecule has 4 aromatic rings. The van der Waals surface area contributed by atoms with Crippen molar-refractivity contribution >= 4 is 62.1 Å². The molecule has 3 N–H and O–H groups in total. The van der Waals surface area contributed by atoms with E-state index in [0.29, 0.717) is 59.0 Å². The topological polar surface area (TPSA) is 113 Å². The first-order valence-electron chi connectivity index (χ1n) is 15.8. The second-order valence-corrected chi connectivity index (χ2v) is 13.2. The predicted octanol–water partition coefficient (Wildman–Crippen LogP) is 4.75. The average Bonchev–Trinajstić information content (AvgIpc) is 3.75. The zero-order chi connectivity index (χ0) is 32.0. The van der Waals surface area contributed by atoms with E-state index in [0.717, 1.165) is 49.4 Å². The van der Waals surface area contributed by atoms with Gasteiger partial charge in [0.05, 0.1) is 29.6 Å². The van der Waals surface area contributed by atoms with Crippen molar-refractivity contribution in [1.82, 2.24) is 24.3 Å². The minimum absolute atomic E-state index is 0.164. The third-order valence-electron chi connectivity index (χ3n) is 8.55. The van der Waals surface area contributed by atoms with Crippen molar-refractivity contribution in [3.8, 4) is 0 Å². The number of benzene rings is 1. The number of thiophene rings is 1. The first-order chi connectivity index (χ1) is 22.4. The van der Waals surface area contributed by atoms with Gasteiger partial charge in [0.15, 0.2) is 0 Å². The number of carbonyl (C=O) groups excluding carboxylic acids is 3. The standard InChI is InChI=1S/C33H40ClN7O4S/c1-38-21-23(37-33(44)30-29(34)25-7-3-4-8-28(25)46-30)19-26(38)32(43)36-24-20-27(31(42)35-9-12-39-10-5-2-6-11-39)41(22-24)14-13-40-15-17-45-18-16-40/h3-4,7-8,19-22H,2,5-6,9-18H2,1H3,(H,35,42)(H,36,43)(H,37,44). The summed E-state index contributed by atoms with van der Waals surface area (Å²) in [5, 5.41) is 10.1. The minimum Gasteiger partial charge on any atom is -0.379 e. The molecular formula is C33H40ClN7O4S. The summed E-state index contributed by atoms with van der Waals surface area (Å²) in [5.41, 5.74) is 1.86. The van der Waals surface area contributed by atoms with E-state index < -0.39 is 0 Å². The number of aryl methyl sites for hydroxylation is 1. The number of piperidine rings is 1. The van der Waals surface area contributed by atoms with Gasteiger partial charge in [-0.1, -0.05) is 36.2 Å². The Kier molecular flexibility index (Phi) is 10.4. The SMILES string of the molecule is Cn1cc(NC(=O)c2sc3ccccc3c2Cl)cc1C(=O)Nc1cc(C(=O)NCCN2CCCCC2)n(CCN2CCOCC2)c1. The van der Waals surface area contributed by atoms with Crippen LogP contribution in [-0.4, -0.2) is 95.7 Å². The van der Waals surface area contributed by atoms with E-state index in [2.05, 4.69) is 25.8 Å². The maximum absolute atomic E-state index is 13.4. The molecule has 6 rings (SSSR count). The van der Waals surface area contributed by atoms with E-state index in [9.17, 15) is 14.4 Å². The van der Waals surface area contributed by atoms with E-state index >= 15 is 0 Å². The number of hydrogen-bond donors (Lipinski definition) is 3. The van der Waals surface area contributed by atoms with Gasteiger partial charge in [-0.3, -0.25) is 19.3 Å². The van der Waals surface area contributed by atoms with Crippen LogP contribution in [0.4, 0.5) is 11.4 Å². The van der Waals surface area contributed by atoms with E-state index in [-0.39, 0.29) is 17.7 Å². The van der Waals surface area contributed by atoms with Crippen molar-refractivity contribution in [3.05, 3.63) is 70.1 Å². The quantitative estimate of drug-likeness (QED) is 0.213. The highest BCUT2D eigenvalue weighted by Crippen LogP contribution is 2.35. The van der Waals surface area contributed by atoms with E-state index in [4.69, 9.17) is 16.3 Å². The summed E-state index contributed by atoms with van der Waals surface area (Å²) in [5.74, 6) is -0.856. The molecule has 0 radical (unpaired) electrons. The summed E-state index contributed by atoms with van der Waals surface area (Å²) < 4.78 is 9.97. The lowest BCUT2D eigenvalue weighted by Gasteiger charge is -2.27. The molecule has 5 heterocycles. The molecule has 3 aromatic heterocycles. The van der Waals surface area contributed by atoms with Gasteiger partial charge in [0, 0.05) is 68.8 Å². The van der Waals surface area contributed by atoms with Crippen LogP contribution in [0.25, 0.3) is 10.1 Å². The normalized spacial score (nSPS) is 16.0. The molecule has 244 valence electrons. The Balaban J connectivity index is 1.12. The molecule has 0 saturated carbocycles. The number of fused-ring (bicyclic) bond motifs is 1. The fraction of sp³-hybridized carbons (Fsp3) is 0.424. The number of hydrogen-bond acceptors (Lipinski definition) is 7. The Bertz CT molecular complexity index is 1700. The highest BCUT2D eigenvalue weighted by Gasteiger charge is 2.21. The van der Waals surface area contributed by atoms with Gasteiger partial charge in [-0.2, -0.15) is 0 Å². The van der Waals surface area contributed by atoms with Gasteiger partial charge in [-0.05, 0) is 44.1 Å². The molecule has 2 fully saturated rings. The zero-order valence-electron chi connectivity index (χ0n) is 26.0. The van der Waals surface area contributed by atoms with Crippen LogP contribution >= 0.6 is 22.9 Å². The molecule has 2 aliphatic heterocycles. The van der Waals surface area contributed by atoms with Crippen LogP contribution in [0.3, 0.4) is 0 Å². The molecule has 11 nitrogen and oxygen atoms in total. The van der Waals surface area contributed by atoms with E-state index in [1.165, 1.54) is 30.6 Å². The monoisotopic (exact) mass is 665 g/mol. The van der Waals surface area contributed by atoms with Gasteiger partial charge in [0.25, 0.3) is 17.7 Å². The molecule has 0 atom stereocenters. The Hall–Kier alpha value is -3.68. The average molecular weight is 666 g/mol. The Morgan fingerprint density at radius 1 is 0.826 bits per heavy atom. The lowest BCUT2D eigenvalue weighted by molar-refractivity contribution is 0.0363. The van der Waals surface area contributed by atoms with E-state index in [1.807, 2.05) is 35.0 Å². The number of aromatic nitrogens is 2. The van der Waals surface area contributed by atoms with Crippen LogP contribution in [0, 0.1) is 0 Å². The summed E-state index contributed by atoms with van der Waals surface area (Å²) in [7, 11) is 1.74. The maximum Gasteiger partial charge on any atom is 0.272 e. The third-order valence-corrected chi connectivity index (χ3v) is 10.2. The van der Waals surface area contributed by atoms with Crippen molar-refractivity contribution in [3.63, 3.8) is 0 Å². The fourth-order valence-electron chi connectivity index (χ4n) is 6.03. The molecular weight excluding hydrogens is 626 g/mol. The highest BCUT2D eigenvalue weighted by molar-refractivity contribution is 7.21. The number of likely N-dealkylation sites (tertiary alicyclic amines) is 1. The maximum atomic E-state index is 13.4. The van der Waals surface area contributed by atoms with Crippen molar-refractivity contribution in [1.29, 1.82) is 0 Å². The van der Waals surface area contributed by atoms with Crippen LogP contribution in [-0.2, 0) is 18.3 Å². The van der Waals surface area contributed by atoms with Gasteiger partial charge in [0.1, 0.15) is 16.3 Å². The smallest absolute Gasteiger partial charge is 0.272 e. The van der Waals surface area contributed by atoms with Crippen LogP contribution < -0.4 is 16.0 Å². The second kappa shape index (κ2) is 14.8. The van der Waals surface area contributed by atoms with Crippen molar-refractivity contribution in [2.75, 3.05) is 69.7 Å². The summed E-state index contributed by atoms with van der Waals surface area (Å²) in [6.07, 6.45) is 7.18. The Morgan fingerprint density at radius 3 is 2.30 bits per heavy atom. The van der Waals surface area contributed by atoms with E-state index in [1.54, 1.807) is 29.9 Å². The molecule has 13 heteroatoms. The number of amides is 3. The van der Waals surface area contributed by atoms with Crippen LogP contribution in [0.2, 0.25) is 5.02 Å². The molecule has 0 unspecified atom stereocenters. The first kappa shape index (κ1) is 32.3. The summed E-state index contributed by atoms with van der Waals surface area (Å²) >= 11 is 7.83. The van der Waals surface area contributed by atoms with Gasteiger partial charge < -0.3 is 34.7 Å². The predicted molar refractivity (Wildman–Crippen MR) is 182 cm³/mol. The second-order valence-electron chi connectivity index (χ2n) is 11.8. The molecule has 0 bridgehead atoms. The number of rotatable bonds is 11. The molecule has 2 saturated heterocycles. The van der Waals surface area contributed by atoms with Crippen LogP contribution in [0.5, 0.6) is 0 Å². The summed E-state index contributed by atoms with van der Waals surface area (Å²) in [4.78, 5) is 45.0. The minimum atomic E-state index is -0.356. The summed E-state index contributed by atoms with van der Waals surface area (Å²) in [6, 6.07) is 10.9. The molecule has 0 spiro atoms. The van der Waals surface area contributed by atoms with Gasteiger partial charge >= 0.3 is 0 Å². The largest absolute Gasteiger partial charge is 0.379 e. The van der Waals surface area contributed by atoms with Gasteiger partial charge in [0.2, 0.25) is 0 Å². The molecule has 0 aliphatic carbocycles. The zero-order valence-corrected chi connectivity index (χ0v) is 27.6. The Morgan fingerprint density at radius 2 is 1.52 bits per heavy atom. The number of anilines is 2. The lowest BCUT2D eigenvalue weighted by atomic mass is 10.1. The van der Waals surface area contributed by atoms with Crippen molar-refractivity contribution in [2.24, 2.45) is 7.05 Å².